The van der Waals surface area contributed by atoms with Gasteiger partial charge in [0.1, 0.15) is 6.10 Å². The summed E-state index contributed by atoms with van der Waals surface area (Å²) in [5.74, 6) is -0.467. The molecule has 0 saturated heterocycles. The number of amides is 1. The zero-order chi connectivity index (χ0) is 36.6. The summed E-state index contributed by atoms with van der Waals surface area (Å²) in [6, 6.07) is -0.705. The highest BCUT2D eigenvalue weighted by Crippen LogP contribution is 2.17. The van der Waals surface area contributed by atoms with Crippen LogP contribution in [0.5, 0.6) is 0 Å². The summed E-state index contributed by atoms with van der Waals surface area (Å²) in [5.41, 5.74) is 0. The average Bonchev–Trinajstić information content (AvgIpc) is 3.12. The van der Waals surface area contributed by atoms with Crippen LogP contribution in [0.3, 0.4) is 0 Å². The number of aliphatic hydroxyl groups excluding tert-OH is 3. The Kier molecular flexibility index (Phi) is 40.6. The first kappa shape index (κ1) is 49.4. The zero-order valence-electron chi connectivity index (χ0n) is 34.1. The summed E-state index contributed by atoms with van der Waals surface area (Å²) in [6.45, 7) is 4.24. The van der Waals surface area contributed by atoms with Gasteiger partial charge < -0.3 is 20.6 Å². The van der Waals surface area contributed by atoms with Gasteiger partial charge in [0.2, 0.25) is 5.91 Å². The molecule has 0 spiro atoms. The van der Waals surface area contributed by atoms with Gasteiger partial charge in [-0.1, -0.05) is 245 Å². The van der Waals surface area contributed by atoms with Gasteiger partial charge in [0.15, 0.2) is 0 Å². The quantitative estimate of drug-likeness (QED) is 0.0475. The smallest absolute Gasteiger partial charge is 0.249 e. The molecule has 0 aromatic carbocycles. The van der Waals surface area contributed by atoms with Crippen molar-refractivity contribution in [3.05, 3.63) is 0 Å². The van der Waals surface area contributed by atoms with Gasteiger partial charge in [-0.2, -0.15) is 0 Å². The maximum absolute atomic E-state index is 12.4. The van der Waals surface area contributed by atoms with Crippen LogP contribution in [0.1, 0.15) is 258 Å². The molecule has 4 N–H and O–H groups in total. The fraction of sp³-hybridized carbons (Fsp3) is 0.978. The van der Waals surface area contributed by atoms with Crippen molar-refractivity contribution in [3.8, 4) is 0 Å². The molecule has 0 fully saturated rings. The molecular weight excluding hydrogens is 618 g/mol. The largest absolute Gasteiger partial charge is 0.394 e. The van der Waals surface area contributed by atoms with Crippen LogP contribution in [0.2, 0.25) is 0 Å². The lowest BCUT2D eigenvalue weighted by atomic mass is 10.0. The van der Waals surface area contributed by atoms with Crippen molar-refractivity contribution < 1.29 is 20.1 Å². The Morgan fingerprint density at radius 2 is 0.640 bits per heavy atom. The molecule has 0 rings (SSSR count). The highest BCUT2D eigenvalue weighted by atomic mass is 16.3. The summed E-state index contributed by atoms with van der Waals surface area (Å²) in [7, 11) is 0. The second kappa shape index (κ2) is 41.1. The number of carbonyl (C=O) groups is 1. The predicted octanol–water partition coefficient (Wildman–Crippen LogP) is 13.0. The number of hydrogen-bond acceptors (Lipinski definition) is 4. The Morgan fingerprint density at radius 3 is 0.900 bits per heavy atom. The molecule has 0 radical (unpaired) electrons. The number of unbranched alkanes of at least 4 members (excludes halogenated alkanes) is 34. The first-order valence-electron chi connectivity index (χ1n) is 22.8. The molecule has 3 atom stereocenters. The lowest BCUT2D eigenvalue weighted by molar-refractivity contribution is -0.131. The number of nitrogens with one attached hydrogen (secondary N) is 1. The average molecular weight is 710 g/mol. The third-order valence-electron chi connectivity index (χ3n) is 11.0. The molecular formula is C45H91NO4. The maximum atomic E-state index is 12.4. The number of hydrogen-bond donors (Lipinski definition) is 4. The molecule has 3 unspecified atom stereocenters. The van der Waals surface area contributed by atoms with E-state index >= 15 is 0 Å². The van der Waals surface area contributed by atoms with Gasteiger partial charge >= 0.3 is 0 Å². The van der Waals surface area contributed by atoms with E-state index in [-0.39, 0.29) is 6.61 Å². The van der Waals surface area contributed by atoms with Gasteiger partial charge in [-0.3, -0.25) is 4.79 Å². The molecule has 0 aromatic rings. The van der Waals surface area contributed by atoms with E-state index in [9.17, 15) is 20.1 Å². The van der Waals surface area contributed by atoms with Crippen LogP contribution < -0.4 is 5.32 Å². The van der Waals surface area contributed by atoms with Crippen LogP contribution in [0.4, 0.5) is 0 Å². The molecule has 0 saturated carbocycles. The van der Waals surface area contributed by atoms with Gasteiger partial charge in [-0.05, 0) is 12.8 Å². The standard InChI is InChI=1S/C45H91NO4/c1-3-5-7-9-11-13-15-17-18-19-20-21-22-23-24-25-26-27-28-30-31-33-35-37-39-43(48)42(41-47)46-45(50)44(49)40-38-36-34-32-29-16-14-12-10-8-6-4-2/h42-44,47-49H,3-41H2,1-2H3,(H,46,50). The van der Waals surface area contributed by atoms with E-state index in [4.69, 9.17) is 0 Å². The van der Waals surface area contributed by atoms with Crippen molar-refractivity contribution in [1.82, 2.24) is 5.32 Å². The van der Waals surface area contributed by atoms with Gasteiger partial charge in [-0.25, -0.2) is 0 Å². The topological polar surface area (TPSA) is 89.8 Å². The van der Waals surface area contributed by atoms with Gasteiger partial charge in [0.25, 0.3) is 0 Å². The number of carbonyl (C=O) groups excluding carboxylic acids is 1. The fourth-order valence-electron chi connectivity index (χ4n) is 7.37. The molecule has 0 heterocycles. The Bertz CT molecular complexity index is 659. The second-order valence-corrected chi connectivity index (χ2v) is 16.0. The van der Waals surface area contributed by atoms with Gasteiger partial charge in [0.05, 0.1) is 18.8 Å². The van der Waals surface area contributed by atoms with Crippen LogP contribution in [-0.4, -0.2) is 46.1 Å². The predicted molar refractivity (Wildman–Crippen MR) is 218 cm³/mol. The lowest BCUT2D eigenvalue weighted by Gasteiger charge is -2.23. The van der Waals surface area contributed by atoms with Crippen molar-refractivity contribution in [2.45, 2.75) is 276 Å². The molecule has 0 aliphatic carbocycles. The second-order valence-electron chi connectivity index (χ2n) is 16.0. The Labute approximate surface area is 313 Å². The highest BCUT2D eigenvalue weighted by molar-refractivity contribution is 5.80. The minimum absolute atomic E-state index is 0.308. The lowest BCUT2D eigenvalue weighted by Crippen LogP contribution is -2.49. The molecule has 0 aliphatic rings. The van der Waals surface area contributed by atoms with Crippen molar-refractivity contribution in [3.63, 3.8) is 0 Å². The van der Waals surface area contributed by atoms with E-state index in [2.05, 4.69) is 19.2 Å². The first-order chi connectivity index (χ1) is 24.6. The van der Waals surface area contributed by atoms with E-state index < -0.39 is 24.2 Å². The summed E-state index contributed by atoms with van der Waals surface area (Å²) in [5, 5.41) is 33.3. The van der Waals surface area contributed by atoms with Crippen LogP contribution in [0.25, 0.3) is 0 Å². The fourth-order valence-corrected chi connectivity index (χ4v) is 7.37. The summed E-state index contributed by atoms with van der Waals surface area (Å²) < 4.78 is 0. The minimum atomic E-state index is -1.07. The van der Waals surface area contributed by atoms with Crippen molar-refractivity contribution in [1.29, 1.82) is 0 Å². The van der Waals surface area contributed by atoms with Gasteiger partial charge in [-0.15, -0.1) is 0 Å². The first-order valence-corrected chi connectivity index (χ1v) is 22.8. The Balaban J connectivity index is 3.52. The summed E-state index contributed by atoms with van der Waals surface area (Å²) in [4.78, 5) is 12.4. The molecule has 5 nitrogen and oxygen atoms in total. The SMILES string of the molecule is CCCCCCCCCCCCCCCCCCCCCCCCCCC(O)C(CO)NC(=O)C(O)CCCCCCCCCCCCCC. The molecule has 300 valence electrons. The van der Waals surface area contributed by atoms with E-state index in [1.54, 1.807) is 0 Å². The van der Waals surface area contributed by atoms with E-state index in [1.807, 2.05) is 0 Å². The molecule has 50 heavy (non-hydrogen) atoms. The monoisotopic (exact) mass is 710 g/mol. The molecule has 0 aromatic heterocycles. The van der Waals surface area contributed by atoms with E-state index in [0.29, 0.717) is 12.8 Å². The molecule has 1 amide bonds. The Hall–Kier alpha value is -0.650. The highest BCUT2D eigenvalue weighted by Gasteiger charge is 2.23. The van der Waals surface area contributed by atoms with Crippen LogP contribution in [0, 0.1) is 0 Å². The van der Waals surface area contributed by atoms with Crippen LogP contribution in [0.15, 0.2) is 0 Å². The van der Waals surface area contributed by atoms with Gasteiger partial charge in [0, 0.05) is 0 Å². The van der Waals surface area contributed by atoms with Crippen molar-refractivity contribution in [2.75, 3.05) is 6.61 Å². The molecule has 0 aliphatic heterocycles. The van der Waals surface area contributed by atoms with Crippen molar-refractivity contribution in [2.24, 2.45) is 0 Å². The molecule has 5 heteroatoms. The van der Waals surface area contributed by atoms with Crippen molar-refractivity contribution >= 4 is 5.91 Å². The summed E-state index contributed by atoms with van der Waals surface area (Å²) >= 11 is 0. The maximum Gasteiger partial charge on any atom is 0.249 e. The van der Waals surface area contributed by atoms with Crippen LogP contribution in [-0.2, 0) is 4.79 Å². The number of rotatable bonds is 42. The van der Waals surface area contributed by atoms with Crippen LogP contribution >= 0.6 is 0 Å². The minimum Gasteiger partial charge on any atom is -0.394 e. The normalized spacial score (nSPS) is 13.5. The van der Waals surface area contributed by atoms with E-state index in [1.165, 1.54) is 199 Å². The molecule has 0 bridgehead atoms. The third kappa shape index (κ3) is 35.7. The summed E-state index contributed by atoms with van der Waals surface area (Å²) in [6.07, 6.45) is 46.9. The Morgan fingerprint density at radius 1 is 0.400 bits per heavy atom. The zero-order valence-corrected chi connectivity index (χ0v) is 34.1. The van der Waals surface area contributed by atoms with E-state index in [0.717, 1.165) is 32.1 Å². The third-order valence-corrected chi connectivity index (χ3v) is 11.0. The number of aliphatic hydroxyl groups is 3.